The largest absolute Gasteiger partial charge is 0.496 e. The van der Waals surface area contributed by atoms with Crippen molar-refractivity contribution in [3.8, 4) is 23.0 Å². The van der Waals surface area contributed by atoms with E-state index in [0.29, 0.717) is 41.0 Å². The number of hydrogen-bond acceptors (Lipinski definition) is 4. The molecule has 0 aliphatic rings. The molecule has 1 N–H and O–H groups in total. The minimum atomic E-state index is -1.93. The van der Waals surface area contributed by atoms with Crippen molar-refractivity contribution in [2.45, 2.75) is 136 Å². The Morgan fingerprint density at radius 1 is 0.977 bits per heavy atom. The molecular weight excluding hydrogens is 577 g/mol. The van der Waals surface area contributed by atoms with Crippen molar-refractivity contribution in [1.82, 2.24) is 0 Å². The molecule has 0 aliphatic heterocycles. The predicted molar refractivity (Wildman–Crippen MR) is 196 cm³/mol. The van der Waals surface area contributed by atoms with Crippen molar-refractivity contribution < 1.29 is 19.0 Å². The van der Waals surface area contributed by atoms with Crippen molar-refractivity contribution in [1.29, 1.82) is 0 Å². The van der Waals surface area contributed by atoms with Gasteiger partial charge in [0.05, 0.1) is 20.8 Å². The second-order valence-corrected chi connectivity index (χ2v) is 25.1. The highest BCUT2D eigenvalue weighted by atomic mass is 28.4. The van der Waals surface area contributed by atoms with Crippen LogP contribution < -0.4 is 9.47 Å². The lowest BCUT2D eigenvalue weighted by atomic mass is 9.98. The molecule has 248 valence electrons. The van der Waals surface area contributed by atoms with Crippen LogP contribution in [0.1, 0.15) is 106 Å². The number of aliphatic hydroxyl groups is 1. The van der Waals surface area contributed by atoms with E-state index in [9.17, 15) is 5.11 Å². The standard InChI is InChI=1S/C38H64O4Si2/c1-16-20-32(27-42-43(14,15)38(9,10)11)24-35(39)34-26-36(40-12)33(25-37(34)41-13)23-31(8)21-18-17-19-22-44(28(2)3,29(4)5)30(6)7/h16,21,24-26,28-30,35,39H,1,17-18,20,23,27H2,2-15H3/b31-21-,32-24+/t35-/m0/s1. The Morgan fingerprint density at radius 2 is 1.55 bits per heavy atom. The Hall–Kier alpha value is -2.05. The fourth-order valence-corrected chi connectivity index (χ4v) is 12.2. The summed E-state index contributed by atoms with van der Waals surface area (Å²) >= 11 is 0. The van der Waals surface area contributed by atoms with Crippen LogP contribution in [-0.2, 0) is 10.8 Å². The molecule has 0 amide bonds. The molecule has 0 aliphatic carbocycles. The second-order valence-electron chi connectivity index (χ2n) is 14.7. The maximum atomic E-state index is 11.3. The number of rotatable bonds is 16. The number of allylic oxidation sites excluding steroid dienone is 3. The van der Waals surface area contributed by atoms with Crippen LogP contribution in [-0.4, -0.2) is 42.3 Å². The highest BCUT2D eigenvalue weighted by Gasteiger charge is 2.41. The Morgan fingerprint density at radius 3 is 2.02 bits per heavy atom. The van der Waals surface area contributed by atoms with Crippen LogP contribution in [0.5, 0.6) is 11.5 Å². The lowest BCUT2D eigenvalue weighted by Crippen LogP contribution is -2.43. The molecule has 6 heteroatoms. The number of aliphatic hydroxyl groups excluding tert-OH is 1. The summed E-state index contributed by atoms with van der Waals surface area (Å²) in [4.78, 5) is 0. The van der Waals surface area contributed by atoms with Gasteiger partial charge in [-0.2, -0.15) is 0 Å². The van der Waals surface area contributed by atoms with Crippen LogP contribution in [0.4, 0.5) is 0 Å². The van der Waals surface area contributed by atoms with Crippen molar-refractivity contribution in [2.75, 3.05) is 20.8 Å². The fraction of sp³-hybridized carbons (Fsp3) is 0.632. The molecule has 1 aromatic carbocycles. The van der Waals surface area contributed by atoms with Gasteiger partial charge in [-0.05, 0) is 84.7 Å². The first kappa shape index (κ1) is 40.0. The first-order valence-corrected chi connectivity index (χ1v) is 21.5. The van der Waals surface area contributed by atoms with E-state index >= 15 is 0 Å². The molecular formula is C38H64O4Si2. The van der Waals surface area contributed by atoms with Crippen LogP contribution in [0, 0.1) is 11.5 Å². The third-order valence-electron chi connectivity index (χ3n) is 9.58. The average molecular weight is 641 g/mol. The van der Waals surface area contributed by atoms with Crippen LogP contribution in [0.2, 0.25) is 34.8 Å². The van der Waals surface area contributed by atoms with Gasteiger partial charge in [0.2, 0.25) is 0 Å². The topological polar surface area (TPSA) is 47.9 Å². The van der Waals surface area contributed by atoms with E-state index in [-0.39, 0.29) is 5.04 Å². The van der Waals surface area contributed by atoms with E-state index in [1.807, 2.05) is 24.3 Å². The van der Waals surface area contributed by atoms with Crippen molar-refractivity contribution in [2.24, 2.45) is 0 Å². The van der Waals surface area contributed by atoms with Crippen LogP contribution in [0.15, 0.2) is 48.1 Å². The minimum absolute atomic E-state index is 0.111. The molecule has 0 radical (unpaired) electrons. The maximum Gasteiger partial charge on any atom is 0.192 e. The predicted octanol–water partition coefficient (Wildman–Crippen LogP) is 10.8. The highest BCUT2D eigenvalue weighted by Crippen LogP contribution is 2.41. The molecule has 44 heavy (non-hydrogen) atoms. The number of methoxy groups -OCH3 is 2. The molecule has 0 saturated heterocycles. The van der Waals surface area contributed by atoms with E-state index < -0.39 is 22.5 Å². The average Bonchev–Trinajstić information content (AvgIpc) is 2.92. The number of ether oxygens (including phenoxy) is 2. The van der Waals surface area contributed by atoms with Crippen LogP contribution >= 0.6 is 0 Å². The van der Waals surface area contributed by atoms with Gasteiger partial charge in [0.1, 0.15) is 25.7 Å². The molecule has 0 fully saturated rings. The van der Waals surface area contributed by atoms with Crippen LogP contribution in [0.25, 0.3) is 0 Å². The first-order chi connectivity index (χ1) is 20.4. The lowest BCUT2D eigenvalue weighted by Gasteiger charge is -2.38. The quantitative estimate of drug-likeness (QED) is 0.0845. The van der Waals surface area contributed by atoms with Gasteiger partial charge in [0, 0.05) is 17.5 Å². The molecule has 0 spiro atoms. The van der Waals surface area contributed by atoms with Gasteiger partial charge < -0.3 is 19.0 Å². The van der Waals surface area contributed by atoms with Gasteiger partial charge in [0.25, 0.3) is 0 Å². The number of unbranched alkanes of at least 4 members (excludes halogenated alkanes) is 1. The number of benzene rings is 1. The summed E-state index contributed by atoms with van der Waals surface area (Å²) in [5, 5.41) is 11.4. The Balaban J connectivity index is 3.18. The van der Waals surface area contributed by atoms with Crippen molar-refractivity contribution >= 4 is 16.4 Å². The Bertz CT molecular complexity index is 1170. The fourth-order valence-electron chi connectivity index (χ4n) is 5.93. The summed E-state index contributed by atoms with van der Waals surface area (Å²) in [6.45, 7) is 31.9. The highest BCUT2D eigenvalue weighted by molar-refractivity contribution is 6.90. The molecule has 0 unspecified atom stereocenters. The Labute approximate surface area is 273 Å². The molecule has 0 aromatic heterocycles. The molecule has 1 atom stereocenters. The SMILES string of the molecule is C=CC/C(=C\[C@H](O)c1cc(OC)c(C/C(C)=C\CCC#C[Si](C(C)C)(C(C)C)C(C)C)cc1OC)CO[Si](C)(C)C(C)(C)C. The van der Waals surface area contributed by atoms with E-state index in [4.69, 9.17) is 13.9 Å². The third-order valence-corrected chi connectivity index (χ3v) is 20.4. The molecule has 0 heterocycles. The third kappa shape index (κ3) is 10.8. The second kappa shape index (κ2) is 17.6. The molecule has 0 saturated carbocycles. The summed E-state index contributed by atoms with van der Waals surface area (Å²) in [6, 6.07) is 3.90. The van der Waals surface area contributed by atoms with E-state index in [1.54, 1.807) is 14.2 Å². The van der Waals surface area contributed by atoms with Crippen molar-refractivity contribution in [3.05, 3.63) is 59.2 Å². The van der Waals surface area contributed by atoms with Gasteiger partial charge in [0.15, 0.2) is 8.32 Å². The number of hydrogen-bond donors (Lipinski definition) is 1. The molecule has 4 nitrogen and oxygen atoms in total. The van der Waals surface area contributed by atoms with E-state index in [2.05, 4.69) is 106 Å². The zero-order valence-electron chi connectivity index (χ0n) is 30.6. The van der Waals surface area contributed by atoms with Gasteiger partial charge in [-0.25, -0.2) is 0 Å². The van der Waals surface area contributed by atoms with Gasteiger partial charge in [-0.15, -0.1) is 18.0 Å². The van der Waals surface area contributed by atoms with E-state index in [1.165, 1.54) is 5.57 Å². The summed E-state index contributed by atoms with van der Waals surface area (Å²) in [6.07, 6.45) is 8.35. The smallest absolute Gasteiger partial charge is 0.192 e. The zero-order chi connectivity index (χ0) is 33.9. The summed E-state index contributed by atoms with van der Waals surface area (Å²) in [5.74, 6) is 4.96. The van der Waals surface area contributed by atoms with Crippen LogP contribution in [0.3, 0.4) is 0 Å². The first-order valence-electron chi connectivity index (χ1n) is 16.4. The monoisotopic (exact) mass is 640 g/mol. The lowest BCUT2D eigenvalue weighted by molar-refractivity contribution is 0.218. The minimum Gasteiger partial charge on any atom is -0.496 e. The molecule has 1 aromatic rings. The zero-order valence-corrected chi connectivity index (χ0v) is 32.6. The summed E-state index contributed by atoms with van der Waals surface area (Å²) in [5.41, 5.74) is 9.74. The maximum absolute atomic E-state index is 11.3. The van der Waals surface area contributed by atoms with Crippen molar-refractivity contribution in [3.63, 3.8) is 0 Å². The van der Waals surface area contributed by atoms with Gasteiger partial charge in [-0.1, -0.05) is 80.0 Å². The van der Waals surface area contributed by atoms with E-state index in [0.717, 1.165) is 36.1 Å². The molecule has 0 bridgehead atoms. The summed E-state index contributed by atoms with van der Waals surface area (Å²) in [7, 11) is -0.296. The van der Waals surface area contributed by atoms with Gasteiger partial charge in [-0.3, -0.25) is 0 Å². The Kier molecular flexibility index (Phi) is 16.0. The summed E-state index contributed by atoms with van der Waals surface area (Å²) < 4.78 is 18.0. The van der Waals surface area contributed by atoms with Gasteiger partial charge >= 0.3 is 0 Å². The normalized spacial score (nSPS) is 14.1. The molecule has 1 rings (SSSR count).